The van der Waals surface area contributed by atoms with Crippen molar-refractivity contribution in [3.63, 3.8) is 0 Å². The summed E-state index contributed by atoms with van der Waals surface area (Å²) in [6, 6.07) is 17.3. The predicted octanol–water partition coefficient (Wildman–Crippen LogP) is 4.24. The standard InChI is InChI=1S/C20H24N2O2/c1-15(2)20(24)22-18-13-11-17(12-14-18)21-19(23)10-6-9-16-7-4-3-5-8-16/h3-5,7-8,11-15H,6,9-10H2,1-2H3,(H,21,23)(H,22,24). The third kappa shape index (κ3) is 5.88. The van der Waals surface area contributed by atoms with Crippen LogP contribution in [-0.2, 0) is 16.0 Å². The highest BCUT2D eigenvalue weighted by Gasteiger charge is 2.07. The lowest BCUT2D eigenvalue weighted by molar-refractivity contribution is -0.119. The molecule has 0 aliphatic rings. The monoisotopic (exact) mass is 324 g/mol. The second-order valence-corrected chi connectivity index (χ2v) is 6.11. The molecule has 2 aromatic rings. The van der Waals surface area contributed by atoms with Gasteiger partial charge in [0.15, 0.2) is 0 Å². The number of hydrogen-bond acceptors (Lipinski definition) is 2. The minimum absolute atomic E-state index is 0.00453. The SMILES string of the molecule is CC(C)C(=O)Nc1ccc(NC(=O)CCCc2ccccc2)cc1. The fraction of sp³-hybridized carbons (Fsp3) is 0.300. The Balaban J connectivity index is 1.76. The van der Waals surface area contributed by atoms with Crippen molar-refractivity contribution in [3.05, 3.63) is 60.2 Å². The number of anilines is 2. The molecule has 0 aromatic heterocycles. The number of aryl methyl sites for hydroxylation is 1. The summed E-state index contributed by atoms with van der Waals surface area (Å²) in [5.41, 5.74) is 2.72. The number of benzene rings is 2. The Kier molecular flexibility index (Phi) is 6.55. The van der Waals surface area contributed by atoms with E-state index in [1.165, 1.54) is 5.56 Å². The van der Waals surface area contributed by atoms with Crippen LogP contribution in [0.3, 0.4) is 0 Å². The van der Waals surface area contributed by atoms with Gasteiger partial charge in [-0.25, -0.2) is 0 Å². The van der Waals surface area contributed by atoms with E-state index in [2.05, 4.69) is 22.8 Å². The van der Waals surface area contributed by atoms with E-state index in [9.17, 15) is 9.59 Å². The molecule has 0 unspecified atom stereocenters. The van der Waals surface area contributed by atoms with Crippen LogP contribution in [0.2, 0.25) is 0 Å². The quantitative estimate of drug-likeness (QED) is 0.800. The lowest BCUT2D eigenvalue weighted by atomic mass is 10.1. The van der Waals surface area contributed by atoms with Crippen molar-refractivity contribution in [1.82, 2.24) is 0 Å². The highest BCUT2D eigenvalue weighted by molar-refractivity contribution is 5.93. The molecule has 4 nitrogen and oxygen atoms in total. The van der Waals surface area contributed by atoms with E-state index in [1.54, 1.807) is 24.3 Å². The molecule has 4 heteroatoms. The maximum absolute atomic E-state index is 12.0. The molecule has 0 heterocycles. The zero-order valence-corrected chi connectivity index (χ0v) is 14.2. The molecule has 0 aliphatic heterocycles. The second-order valence-electron chi connectivity index (χ2n) is 6.11. The van der Waals surface area contributed by atoms with Gasteiger partial charge in [-0.15, -0.1) is 0 Å². The summed E-state index contributed by atoms with van der Waals surface area (Å²) >= 11 is 0. The molecule has 24 heavy (non-hydrogen) atoms. The van der Waals surface area contributed by atoms with E-state index >= 15 is 0 Å². The molecule has 0 spiro atoms. The summed E-state index contributed by atoms with van der Waals surface area (Å²) in [7, 11) is 0. The van der Waals surface area contributed by atoms with Crippen LogP contribution in [0.4, 0.5) is 11.4 Å². The van der Waals surface area contributed by atoms with E-state index in [1.807, 2.05) is 32.0 Å². The topological polar surface area (TPSA) is 58.2 Å². The zero-order chi connectivity index (χ0) is 17.4. The molecule has 0 fully saturated rings. The highest BCUT2D eigenvalue weighted by atomic mass is 16.2. The van der Waals surface area contributed by atoms with Crippen molar-refractivity contribution in [3.8, 4) is 0 Å². The normalized spacial score (nSPS) is 10.5. The van der Waals surface area contributed by atoms with Crippen LogP contribution in [0.25, 0.3) is 0 Å². The van der Waals surface area contributed by atoms with Crippen LogP contribution in [0, 0.1) is 5.92 Å². The van der Waals surface area contributed by atoms with Gasteiger partial charge < -0.3 is 10.6 Å². The number of nitrogens with one attached hydrogen (secondary N) is 2. The number of hydrogen-bond donors (Lipinski definition) is 2. The van der Waals surface area contributed by atoms with Gasteiger partial charge in [0.05, 0.1) is 0 Å². The largest absolute Gasteiger partial charge is 0.326 e. The predicted molar refractivity (Wildman–Crippen MR) is 97.9 cm³/mol. The third-order valence-corrected chi connectivity index (χ3v) is 3.67. The minimum Gasteiger partial charge on any atom is -0.326 e. The van der Waals surface area contributed by atoms with Crippen molar-refractivity contribution in [1.29, 1.82) is 0 Å². The van der Waals surface area contributed by atoms with Crippen LogP contribution in [0.5, 0.6) is 0 Å². The van der Waals surface area contributed by atoms with Gasteiger partial charge in [0, 0.05) is 23.7 Å². The molecular formula is C20H24N2O2. The van der Waals surface area contributed by atoms with Gasteiger partial charge in [-0.1, -0.05) is 44.2 Å². The molecule has 0 aliphatic carbocycles. The Hall–Kier alpha value is -2.62. The average Bonchev–Trinajstić information content (AvgIpc) is 2.57. The van der Waals surface area contributed by atoms with Gasteiger partial charge in [-0.05, 0) is 42.7 Å². The minimum atomic E-state index is -0.0611. The number of rotatable bonds is 7. The van der Waals surface area contributed by atoms with Crippen LogP contribution in [-0.4, -0.2) is 11.8 Å². The maximum Gasteiger partial charge on any atom is 0.226 e. The van der Waals surface area contributed by atoms with E-state index in [4.69, 9.17) is 0 Å². The van der Waals surface area contributed by atoms with Crippen molar-refractivity contribution in [2.24, 2.45) is 5.92 Å². The Bertz CT molecular complexity index is 664. The van der Waals surface area contributed by atoms with Crippen LogP contribution in [0.1, 0.15) is 32.3 Å². The Morgan fingerprint density at radius 1 is 0.875 bits per heavy atom. The summed E-state index contributed by atoms with van der Waals surface area (Å²) in [5.74, 6) is -0.0772. The van der Waals surface area contributed by atoms with E-state index in [-0.39, 0.29) is 17.7 Å². The van der Waals surface area contributed by atoms with Gasteiger partial charge in [0.1, 0.15) is 0 Å². The summed E-state index contributed by atoms with van der Waals surface area (Å²) in [6.07, 6.45) is 2.20. The average molecular weight is 324 g/mol. The zero-order valence-electron chi connectivity index (χ0n) is 14.2. The molecule has 0 atom stereocenters. The second kappa shape index (κ2) is 8.87. The maximum atomic E-state index is 12.0. The van der Waals surface area contributed by atoms with E-state index in [0.29, 0.717) is 6.42 Å². The van der Waals surface area contributed by atoms with Crippen LogP contribution in [0.15, 0.2) is 54.6 Å². The molecule has 2 rings (SSSR count). The first-order valence-corrected chi connectivity index (χ1v) is 8.29. The van der Waals surface area contributed by atoms with Gasteiger partial charge in [0.25, 0.3) is 0 Å². The summed E-state index contributed by atoms with van der Waals surface area (Å²) in [5, 5.41) is 5.70. The lowest BCUT2D eigenvalue weighted by Crippen LogP contribution is -2.17. The van der Waals surface area contributed by atoms with Gasteiger partial charge >= 0.3 is 0 Å². The molecule has 0 bridgehead atoms. The summed E-state index contributed by atoms with van der Waals surface area (Å²) in [4.78, 5) is 23.6. The number of carbonyl (C=O) groups is 2. The molecule has 126 valence electrons. The van der Waals surface area contributed by atoms with Crippen molar-refractivity contribution in [2.75, 3.05) is 10.6 Å². The Morgan fingerprint density at radius 2 is 1.46 bits per heavy atom. The highest BCUT2D eigenvalue weighted by Crippen LogP contribution is 2.15. The van der Waals surface area contributed by atoms with E-state index in [0.717, 1.165) is 24.2 Å². The van der Waals surface area contributed by atoms with E-state index < -0.39 is 0 Å². The summed E-state index contributed by atoms with van der Waals surface area (Å²) < 4.78 is 0. The van der Waals surface area contributed by atoms with Crippen LogP contribution < -0.4 is 10.6 Å². The molecule has 0 saturated heterocycles. The van der Waals surface area contributed by atoms with Crippen molar-refractivity contribution >= 4 is 23.2 Å². The van der Waals surface area contributed by atoms with Gasteiger partial charge in [-0.3, -0.25) is 9.59 Å². The van der Waals surface area contributed by atoms with Crippen LogP contribution >= 0.6 is 0 Å². The Morgan fingerprint density at radius 3 is 2.04 bits per heavy atom. The molecule has 2 amide bonds. The summed E-state index contributed by atoms with van der Waals surface area (Å²) in [6.45, 7) is 3.69. The molecular weight excluding hydrogens is 300 g/mol. The molecule has 2 aromatic carbocycles. The molecule has 0 radical (unpaired) electrons. The van der Waals surface area contributed by atoms with Gasteiger partial charge in [-0.2, -0.15) is 0 Å². The first kappa shape index (κ1) is 17.7. The van der Waals surface area contributed by atoms with Gasteiger partial charge in [0.2, 0.25) is 11.8 Å². The van der Waals surface area contributed by atoms with Crippen molar-refractivity contribution in [2.45, 2.75) is 33.1 Å². The molecule has 2 N–H and O–H groups in total. The number of amides is 2. The Labute approximate surface area is 143 Å². The first-order chi connectivity index (χ1) is 11.5. The third-order valence-electron chi connectivity index (χ3n) is 3.67. The lowest BCUT2D eigenvalue weighted by Gasteiger charge is -2.09. The fourth-order valence-electron chi connectivity index (χ4n) is 2.24. The first-order valence-electron chi connectivity index (χ1n) is 8.29. The molecule has 0 saturated carbocycles. The number of carbonyl (C=O) groups excluding carboxylic acids is 2. The smallest absolute Gasteiger partial charge is 0.226 e. The fourth-order valence-corrected chi connectivity index (χ4v) is 2.24. The van der Waals surface area contributed by atoms with Crippen molar-refractivity contribution < 1.29 is 9.59 Å².